The quantitative estimate of drug-likeness (QED) is 0.607. The molecule has 1 atom stereocenters. The Morgan fingerprint density at radius 3 is 2.61 bits per heavy atom. The minimum atomic E-state index is -0.644. The van der Waals surface area contributed by atoms with Crippen molar-refractivity contribution >= 4 is 11.8 Å². The first-order valence-corrected chi connectivity index (χ1v) is 5.31. The predicted octanol–water partition coefficient (Wildman–Crippen LogP) is 1.20. The van der Waals surface area contributed by atoms with Gasteiger partial charge in [0.25, 0.3) is 5.69 Å². The smallest absolute Gasteiger partial charge is 0.407 e. The van der Waals surface area contributed by atoms with E-state index < -0.39 is 17.1 Å². The first-order chi connectivity index (χ1) is 8.49. The van der Waals surface area contributed by atoms with Crippen molar-refractivity contribution in [2.24, 2.45) is 0 Å². The fourth-order valence-corrected chi connectivity index (χ4v) is 1.14. The Labute approximate surface area is 104 Å². The van der Waals surface area contributed by atoms with Crippen molar-refractivity contribution in [2.45, 2.75) is 19.6 Å². The van der Waals surface area contributed by atoms with Gasteiger partial charge in [-0.1, -0.05) is 0 Å². The molecule has 0 aliphatic heterocycles. The van der Waals surface area contributed by atoms with E-state index in [4.69, 9.17) is 9.84 Å². The molecule has 98 valence electrons. The van der Waals surface area contributed by atoms with Crippen LogP contribution >= 0.6 is 0 Å². The zero-order chi connectivity index (χ0) is 13.5. The fraction of sp³-hybridized carbons (Fsp3) is 0.364. The van der Waals surface area contributed by atoms with Crippen LogP contribution in [0.2, 0.25) is 0 Å². The van der Waals surface area contributed by atoms with Crippen molar-refractivity contribution in [3.63, 3.8) is 0 Å². The van der Waals surface area contributed by atoms with Crippen LogP contribution in [0.5, 0.6) is 0 Å². The molecule has 0 saturated heterocycles. The van der Waals surface area contributed by atoms with E-state index >= 15 is 0 Å². The lowest BCUT2D eigenvalue weighted by Gasteiger charge is -2.08. The minimum absolute atomic E-state index is 0.0164. The summed E-state index contributed by atoms with van der Waals surface area (Å²) in [6.07, 6.45) is -1.29. The maximum absolute atomic E-state index is 11.1. The van der Waals surface area contributed by atoms with Crippen LogP contribution in [0.4, 0.5) is 10.5 Å². The summed E-state index contributed by atoms with van der Waals surface area (Å²) in [6.45, 7) is 1.67. The molecule has 1 rings (SSSR count). The SMILES string of the molecule is CC(O)CNC(=O)OCc1ccc([N+](=O)[O-])cc1. The lowest BCUT2D eigenvalue weighted by Crippen LogP contribution is -2.30. The summed E-state index contributed by atoms with van der Waals surface area (Å²) in [5.41, 5.74) is 0.630. The van der Waals surface area contributed by atoms with E-state index in [-0.39, 0.29) is 18.8 Å². The van der Waals surface area contributed by atoms with Crippen LogP contribution < -0.4 is 5.32 Å². The highest BCUT2D eigenvalue weighted by atomic mass is 16.6. The predicted molar refractivity (Wildman–Crippen MR) is 63.0 cm³/mol. The average Bonchev–Trinajstić information content (AvgIpc) is 2.34. The van der Waals surface area contributed by atoms with Crippen LogP contribution in [0.15, 0.2) is 24.3 Å². The monoisotopic (exact) mass is 254 g/mol. The third-order valence-corrected chi connectivity index (χ3v) is 2.06. The van der Waals surface area contributed by atoms with Gasteiger partial charge in [0.1, 0.15) is 6.61 Å². The van der Waals surface area contributed by atoms with Gasteiger partial charge in [-0.05, 0) is 24.6 Å². The average molecular weight is 254 g/mol. The van der Waals surface area contributed by atoms with E-state index in [1.54, 1.807) is 0 Å². The molecule has 0 aliphatic carbocycles. The van der Waals surface area contributed by atoms with E-state index in [0.717, 1.165) is 0 Å². The number of carbonyl (C=O) groups excluding carboxylic acids is 1. The summed E-state index contributed by atoms with van der Waals surface area (Å²) in [7, 11) is 0. The van der Waals surface area contributed by atoms with Gasteiger partial charge >= 0.3 is 6.09 Å². The fourth-order valence-electron chi connectivity index (χ4n) is 1.14. The summed E-state index contributed by atoms with van der Waals surface area (Å²) >= 11 is 0. The van der Waals surface area contributed by atoms with E-state index in [2.05, 4.69) is 5.32 Å². The van der Waals surface area contributed by atoms with Crippen molar-refractivity contribution in [3.8, 4) is 0 Å². The number of nitrogens with zero attached hydrogens (tertiary/aromatic N) is 1. The van der Waals surface area contributed by atoms with Crippen LogP contribution in [0.25, 0.3) is 0 Å². The van der Waals surface area contributed by atoms with Crippen LogP contribution in [0.1, 0.15) is 12.5 Å². The molecule has 1 aromatic rings. The number of aliphatic hydroxyl groups is 1. The number of alkyl carbamates (subject to hydrolysis) is 1. The second-order valence-electron chi connectivity index (χ2n) is 3.73. The van der Waals surface area contributed by atoms with E-state index in [9.17, 15) is 14.9 Å². The van der Waals surface area contributed by atoms with Crippen molar-refractivity contribution in [1.82, 2.24) is 5.32 Å². The van der Waals surface area contributed by atoms with Gasteiger partial charge in [0.2, 0.25) is 0 Å². The van der Waals surface area contributed by atoms with Crippen LogP contribution in [0, 0.1) is 10.1 Å². The molecule has 1 aromatic carbocycles. The first-order valence-electron chi connectivity index (χ1n) is 5.31. The molecular formula is C11H14N2O5. The molecule has 2 N–H and O–H groups in total. The molecule has 0 aliphatic rings. The summed E-state index contributed by atoms with van der Waals surface area (Å²) in [6, 6.07) is 5.71. The number of carbonyl (C=O) groups is 1. The molecule has 0 fully saturated rings. The summed E-state index contributed by atoms with van der Waals surface area (Å²) in [5, 5.41) is 21.7. The number of nitro benzene ring substituents is 1. The number of rotatable bonds is 5. The molecule has 7 heteroatoms. The highest BCUT2D eigenvalue weighted by Crippen LogP contribution is 2.12. The highest BCUT2D eigenvalue weighted by Gasteiger charge is 2.06. The van der Waals surface area contributed by atoms with Crippen LogP contribution in [-0.2, 0) is 11.3 Å². The summed E-state index contributed by atoms with van der Waals surface area (Å²) in [4.78, 5) is 21.1. The van der Waals surface area contributed by atoms with Gasteiger partial charge in [-0.15, -0.1) is 0 Å². The van der Waals surface area contributed by atoms with E-state index in [0.29, 0.717) is 5.56 Å². The number of aliphatic hydroxyl groups excluding tert-OH is 1. The van der Waals surface area contributed by atoms with E-state index in [1.807, 2.05) is 0 Å². The first kappa shape index (κ1) is 13.9. The molecule has 0 heterocycles. The number of nitro groups is 1. The van der Waals surface area contributed by atoms with Gasteiger partial charge in [-0.25, -0.2) is 4.79 Å². The summed E-state index contributed by atoms with van der Waals surface area (Å²) < 4.78 is 4.85. The van der Waals surface area contributed by atoms with Gasteiger partial charge in [0, 0.05) is 18.7 Å². The Hall–Kier alpha value is -2.15. The van der Waals surface area contributed by atoms with Crippen molar-refractivity contribution in [2.75, 3.05) is 6.54 Å². The number of amides is 1. The number of non-ortho nitro benzene ring substituents is 1. The number of benzene rings is 1. The highest BCUT2D eigenvalue weighted by molar-refractivity contribution is 5.67. The lowest BCUT2D eigenvalue weighted by atomic mass is 10.2. The Morgan fingerprint density at radius 2 is 2.11 bits per heavy atom. The number of hydrogen-bond donors (Lipinski definition) is 2. The molecule has 0 spiro atoms. The largest absolute Gasteiger partial charge is 0.445 e. The second kappa shape index (κ2) is 6.55. The maximum Gasteiger partial charge on any atom is 0.407 e. The van der Waals surface area contributed by atoms with Gasteiger partial charge in [0.05, 0.1) is 11.0 Å². The van der Waals surface area contributed by atoms with Crippen LogP contribution in [-0.4, -0.2) is 28.8 Å². The van der Waals surface area contributed by atoms with Crippen LogP contribution in [0.3, 0.4) is 0 Å². The Balaban J connectivity index is 2.39. The maximum atomic E-state index is 11.1. The minimum Gasteiger partial charge on any atom is -0.445 e. The molecule has 0 saturated carbocycles. The molecule has 7 nitrogen and oxygen atoms in total. The number of nitrogens with one attached hydrogen (secondary N) is 1. The number of ether oxygens (including phenoxy) is 1. The normalized spacial score (nSPS) is 11.7. The number of hydrogen-bond acceptors (Lipinski definition) is 5. The molecule has 0 radical (unpaired) electrons. The van der Waals surface area contributed by atoms with Gasteiger partial charge in [-0.2, -0.15) is 0 Å². The summed E-state index contributed by atoms with van der Waals surface area (Å²) in [5.74, 6) is 0. The van der Waals surface area contributed by atoms with Crippen molar-refractivity contribution in [3.05, 3.63) is 39.9 Å². The molecule has 1 unspecified atom stereocenters. The van der Waals surface area contributed by atoms with Gasteiger partial charge < -0.3 is 15.2 Å². The van der Waals surface area contributed by atoms with E-state index in [1.165, 1.54) is 31.2 Å². The molecule has 18 heavy (non-hydrogen) atoms. The van der Waals surface area contributed by atoms with Crippen molar-refractivity contribution < 1.29 is 19.6 Å². The lowest BCUT2D eigenvalue weighted by molar-refractivity contribution is -0.384. The Bertz CT molecular complexity index is 416. The van der Waals surface area contributed by atoms with Gasteiger partial charge in [0.15, 0.2) is 0 Å². The second-order valence-corrected chi connectivity index (χ2v) is 3.73. The third-order valence-electron chi connectivity index (χ3n) is 2.06. The topological polar surface area (TPSA) is 102 Å². The third kappa shape index (κ3) is 4.79. The Kier molecular flexibility index (Phi) is 5.06. The molecular weight excluding hydrogens is 240 g/mol. The van der Waals surface area contributed by atoms with Crippen molar-refractivity contribution in [1.29, 1.82) is 0 Å². The van der Waals surface area contributed by atoms with Gasteiger partial charge in [-0.3, -0.25) is 10.1 Å². The Morgan fingerprint density at radius 1 is 1.50 bits per heavy atom. The zero-order valence-corrected chi connectivity index (χ0v) is 9.83. The molecule has 1 amide bonds. The molecule has 0 aromatic heterocycles. The zero-order valence-electron chi connectivity index (χ0n) is 9.83. The standard InChI is InChI=1S/C11H14N2O5/c1-8(14)6-12-11(15)18-7-9-2-4-10(5-3-9)13(16)17/h2-5,8,14H,6-7H2,1H3,(H,12,15). The molecule has 0 bridgehead atoms.